The van der Waals surface area contributed by atoms with Crippen molar-refractivity contribution in [2.75, 3.05) is 0 Å². The van der Waals surface area contributed by atoms with Crippen LogP contribution in [-0.2, 0) is 11.2 Å². The van der Waals surface area contributed by atoms with Gasteiger partial charge < -0.3 is 10.8 Å². The highest BCUT2D eigenvalue weighted by Gasteiger charge is 2.12. The first kappa shape index (κ1) is 13.3. The van der Waals surface area contributed by atoms with Crippen LogP contribution in [0.15, 0.2) is 54.6 Å². The highest BCUT2D eigenvalue weighted by atomic mass is 16.3. The third-order valence-corrected chi connectivity index (χ3v) is 2.99. The van der Waals surface area contributed by atoms with Gasteiger partial charge in [0.2, 0.25) is 0 Å². The summed E-state index contributed by atoms with van der Waals surface area (Å²) in [5, 5.41) is 9.35. The van der Waals surface area contributed by atoms with Gasteiger partial charge in [0.25, 0.3) is 0 Å². The molecule has 0 radical (unpaired) electrons. The molecule has 3 heteroatoms. The van der Waals surface area contributed by atoms with Crippen LogP contribution in [0.2, 0.25) is 0 Å². The summed E-state index contributed by atoms with van der Waals surface area (Å²) in [5.41, 5.74) is 7.78. The number of carbonyl (C=O) groups is 1. The molecule has 2 aromatic carbocycles. The number of rotatable bonds is 5. The normalized spacial score (nSPS) is 12.1. The monoisotopic (exact) mass is 255 g/mol. The quantitative estimate of drug-likeness (QED) is 0.863. The summed E-state index contributed by atoms with van der Waals surface area (Å²) >= 11 is 0. The highest BCUT2D eigenvalue weighted by Crippen LogP contribution is 2.16. The van der Waals surface area contributed by atoms with Crippen LogP contribution in [0.1, 0.15) is 23.6 Å². The molecule has 0 bridgehead atoms. The fraction of sp³-hybridized carbons (Fsp3) is 0.188. The molecular formula is C16H17NO2. The second-order valence-corrected chi connectivity index (χ2v) is 4.61. The van der Waals surface area contributed by atoms with E-state index < -0.39 is 0 Å². The average molecular weight is 255 g/mol. The van der Waals surface area contributed by atoms with Crippen LogP contribution < -0.4 is 5.73 Å². The molecule has 2 aromatic rings. The van der Waals surface area contributed by atoms with Gasteiger partial charge in [-0.15, -0.1) is 0 Å². The zero-order valence-corrected chi connectivity index (χ0v) is 10.6. The summed E-state index contributed by atoms with van der Waals surface area (Å²) in [6.45, 7) is 0. The van der Waals surface area contributed by atoms with Crippen molar-refractivity contribution in [3.63, 3.8) is 0 Å². The average Bonchev–Trinajstić information content (AvgIpc) is 2.39. The van der Waals surface area contributed by atoms with E-state index in [9.17, 15) is 9.90 Å². The van der Waals surface area contributed by atoms with E-state index in [1.807, 2.05) is 36.4 Å². The number of aromatic hydroxyl groups is 1. The van der Waals surface area contributed by atoms with Crippen molar-refractivity contribution in [2.24, 2.45) is 5.73 Å². The van der Waals surface area contributed by atoms with Crippen molar-refractivity contribution in [3.05, 3.63) is 65.7 Å². The van der Waals surface area contributed by atoms with Crippen LogP contribution in [0.4, 0.5) is 0 Å². The number of hydrogen-bond acceptors (Lipinski definition) is 3. The minimum Gasteiger partial charge on any atom is -0.508 e. The molecule has 0 heterocycles. The largest absolute Gasteiger partial charge is 0.508 e. The Morgan fingerprint density at radius 1 is 1.11 bits per heavy atom. The van der Waals surface area contributed by atoms with Crippen molar-refractivity contribution >= 4 is 5.78 Å². The second-order valence-electron chi connectivity index (χ2n) is 4.61. The van der Waals surface area contributed by atoms with Gasteiger partial charge in [0.1, 0.15) is 11.5 Å². The van der Waals surface area contributed by atoms with E-state index in [0.717, 1.165) is 11.1 Å². The molecule has 0 aliphatic heterocycles. The topological polar surface area (TPSA) is 63.3 Å². The molecule has 0 amide bonds. The van der Waals surface area contributed by atoms with E-state index in [1.54, 1.807) is 18.2 Å². The number of benzene rings is 2. The van der Waals surface area contributed by atoms with Crippen molar-refractivity contribution in [3.8, 4) is 5.75 Å². The molecule has 1 atom stereocenters. The lowest BCUT2D eigenvalue weighted by atomic mass is 9.99. The first-order valence-electron chi connectivity index (χ1n) is 6.25. The minimum absolute atomic E-state index is 0.0713. The Labute approximate surface area is 112 Å². The molecule has 2 rings (SSSR count). The molecule has 0 aliphatic carbocycles. The number of phenols is 1. The van der Waals surface area contributed by atoms with Crippen LogP contribution in [-0.4, -0.2) is 10.9 Å². The molecule has 3 N–H and O–H groups in total. The maximum atomic E-state index is 11.9. The number of carbonyl (C=O) groups excluding carboxylic acids is 1. The van der Waals surface area contributed by atoms with Gasteiger partial charge in [-0.05, 0) is 23.3 Å². The molecule has 0 fully saturated rings. The summed E-state index contributed by atoms with van der Waals surface area (Å²) in [5.74, 6) is 0.250. The van der Waals surface area contributed by atoms with Crippen molar-refractivity contribution in [1.29, 1.82) is 0 Å². The fourth-order valence-electron chi connectivity index (χ4n) is 2.03. The molecule has 0 saturated heterocycles. The molecule has 19 heavy (non-hydrogen) atoms. The second kappa shape index (κ2) is 6.16. The zero-order chi connectivity index (χ0) is 13.7. The maximum absolute atomic E-state index is 11.9. The van der Waals surface area contributed by atoms with E-state index in [-0.39, 0.29) is 17.6 Å². The third-order valence-electron chi connectivity index (χ3n) is 2.99. The SMILES string of the molecule is NC(CC(=O)Cc1cccc(O)c1)c1ccccc1. The number of ketones is 1. The molecule has 0 aromatic heterocycles. The van der Waals surface area contributed by atoms with Crippen LogP contribution in [0.25, 0.3) is 0 Å². The lowest BCUT2D eigenvalue weighted by Crippen LogP contribution is -2.16. The molecule has 0 spiro atoms. The van der Waals surface area contributed by atoms with Crippen molar-refractivity contribution in [2.45, 2.75) is 18.9 Å². The Morgan fingerprint density at radius 3 is 2.53 bits per heavy atom. The number of phenolic OH excluding ortho intramolecular Hbond substituents is 1. The minimum atomic E-state index is -0.272. The fourth-order valence-corrected chi connectivity index (χ4v) is 2.03. The standard InChI is InChI=1S/C16H17NO2/c17-16(13-6-2-1-3-7-13)11-15(19)10-12-5-4-8-14(18)9-12/h1-9,16,18H,10-11,17H2. The van der Waals surface area contributed by atoms with Crippen molar-refractivity contribution in [1.82, 2.24) is 0 Å². The van der Waals surface area contributed by atoms with Gasteiger partial charge in [0.15, 0.2) is 0 Å². The Kier molecular flexibility index (Phi) is 4.31. The van der Waals surface area contributed by atoms with E-state index in [2.05, 4.69) is 0 Å². The zero-order valence-electron chi connectivity index (χ0n) is 10.6. The van der Waals surface area contributed by atoms with Crippen LogP contribution in [0.5, 0.6) is 5.75 Å². The Bertz CT molecular complexity index is 552. The van der Waals surface area contributed by atoms with Gasteiger partial charge in [-0.1, -0.05) is 42.5 Å². The smallest absolute Gasteiger partial charge is 0.139 e. The summed E-state index contributed by atoms with van der Waals surface area (Å²) in [6, 6.07) is 16.1. The highest BCUT2D eigenvalue weighted by molar-refractivity contribution is 5.81. The van der Waals surface area contributed by atoms with Gasteiger partial charge in [0, 0.05) is 18.9 Å². The molecule has 98 valence electrons. The summed E-state index contributed by atoms with van der Waals surface area (Å²) in [6.07, 6.45) is 0.606. The molecule has 3 nitrogen and oxygen atoms in total. The van der Waals surface area contributed by atoms with Crippen LogP contribution in [0.3, 0.4) is 0 Å². The van der Waals surface area contributed by atoms with Crippen LogP contribution >= 0.6 is 0 Å². The van der Waals surface area contributed by atoms with E-state index >= 15 is 0 Å². The van der Waals surface area contributed by atoms with Crippen molar-refractivity contribution < 1.29 is 9.90 Å². The molecular weight excluding hydrogens is 238 g/mol. The van der Waals surface area contributed by atoms with Gasteiger partial charge >= 0.3 is 0 Å². The third kappa shape index (κ3) is 3.93. The van der Waals surface area contributed by atoms with E-state index in [1.165, 1.54) is 0 Å². The predicted molar refractivity (Wildman–Crippen MR) is 74.8 cm³/mol. The number of hydrogen-bond donors (Lipinski definition) is 2. The maximum Gasteiger partial charge on any atom is 0.139 e. The van der Waals surface area contributed by atoms with Gasteiger partial charge in [-0.2, -0.15) is 0 Å². The molecule has 0 aliphatic rings. The molecule has 1 unspecified atom stereocenters. The molecule has 0 saturated carbocycles. The Morgan fingerprint density at radius 2 is 1.84 bits per heavy atom. The number of Topliss-reactive ketones (excluding diaryl/α,β-unsaturated/α-hetero) is 1. The lowest BCUT2D eigenvalue weighted by molar-refractivity contribution is -0.118. The van der Waals surface area contributed by atoms with Gasteiger partial charge in [0.05, 0.1) is 0 Å². The first-order valence-corrected chi connectivity index (χ1v) is 6.25. The summed E-state index contributed by atoms with van der Waals surface area (Å²) in [7, 11) is 0. The summed E-state index contributed by atoms with van der Waals surface area (Å²) in [4.78, 5) is 11.9. The van der Waals surface area contributed by atoms with Gasteiger partial charge in [-0.25, -0.2) is 0 Å². The lowest BCUT2D eigenvalue weighted by Gasteiger charge is -2.11. The summed E-state index contributed by atoms with van der Waals surface area (Å²) < 4.78 is 0. The predicted octanol–water partition coefficient (Wildman–Crippen LogP) is 2.59. The Balaban J connectivity index is 1.95. The first-order chi connectivity index (χ1) is 9.15. The number of nitrogens with two attached hydrogens (primary N) is 1. The van der Waals surface area contributed by atoms with Gasteiger partial charge in [-0.3, -0.25) is 4.79 Å². The van der Waals surface area contributed by atoms with E-state index in [4.69, 9.17) is 5.73 Å². The van der Waals surface area contributed by atoms with Crippen LogP contribution in [0, 0.1) is 0 Å². The van der Waals surface area contributed by atoms with E-state index in [0.29, 0.717) is 12.8 Å². The Hall–Kier alpha value is -2.13.